The largest absolute Gasteiger partial charge is 3.00 e. The Labute approximate surface area is 98.1 Å². The molecule has 12 heteroatoms. The van der Waals surface area contributed by atoms with Crippen molar-refractivity contribution in [3.05, 3.63) is 0 Å². The average molecular weight is 379 g/mol. The molecular weight excluding hydrogens is 375 g/mol. The van der Waals surface area contributed by atoms with E-state index in [1.54, 1.807) is 0 Å². The van der Waals surface area contributed by atoms with Crippen LogP contribution in [0.15, 0.2) is 0 Å². The number of hydrogen-bond acceptors (Lipinski definition) is 8. The Kier molecular flexibility index (Phi) is 16.4. The van der Waals surface area contributed by atoms with Crippen LogP contribution in [0.2, 0.25) is 0 Å². The van der Waals surface area contributed by atoms with Gasteiger partial charge in [0, 0.05) is 20.8 Å². The zero-order valence-electron chi connectivity index (χ0n) is 5.36. The van der Waals surface area contributed by atoms with Crippen molar-refractivity contribution in [2.24, 2.45) is 0 Å². The molecule has 0 aliphatic rings. The molecule has 9 nitrogen and oxygen atoms in total. The van der Waals surface area contributed by atoms with Gasteiger partial charge in [0.25, 0.3) is 0 Å². The first kappa shape index (κ1) is 23.1. The summed E-state index contributed by atoms with van der Waals surface area (Å²) in [5.74, 6) is 0. The van der Waals surface area contributed by atoms with Crippen LogP contribution < -0.4 is 6.15 Å². The smallest absolute Gasteiger partial charge is 0.759 e. The van der Waals surface area contributed by atoms with Crippen LogP contribution in [0.1, 0.15) is 0 Å². The van der Waals surface area contributed by atoms with E-state index in [1.807, 2.05) is 0 Å². The molecule has 0 aliphatic carbocycles. The van der Waals surface area contributed by atoms with Gasteiger partial charge in [-0.2, -0.15) is 0 Å². The summed E-state index contributed by atoms with van der Waals surface area (Å²) in [5, 5.41) is 0. The molecule has 0 atom stereocenters. The summed E-state index contributed by atoms with van der Waals surface area (Å²) in [5.41, 5.74) is 0. The molecule has 0 saturated carbocycles. The number of rotatable bonds is 0. The van der Waals surface area contributed by atoms with Crippen LogP contribution in [0, 0.1) is 36.9 Å². The Hall–Kier alpha value is 0.934. The maximum atomic E-state index is 8.52. The predicted molar refractivity (Wildman–Crippen MR) is 26.9 cm³/mol. The number of hydrogen-bond donors (Lipinski definition) is 1. The quantitative estimate of drug-likeness (QED) is 0.358. The SMILES string of the molecule is O=S(=O)([O-])[O-].O=S(=O)([O-])[O-].[NH4+].[Tm+3]. The second-order valence-corrected chi connectivity index (χ2v) is 2.45. The molecule has 0 radical (unpaired) electrons. The van der Waals surface area contributed by atoms with Crippen molar-refractivity contribution in [2.75, 3.05) is 0 Å². The van der Waals surface area contributed by atoms with E-state index in [0.29, 0.717) is 0 Å². The second-order valence-electron chi connectivity index (χ2n) is 0.816. The first-order valence-corrected chi connectivity index (χ1v) is 4.00. The van der Waals surface area contributed by atoms with Crippen LogP contribution in [0.5, 0.6) is 0 Å². The fourth-order valence-electron chi connectivity index (χ4n) is 0. The molecule has 0 fully saturated rings. The van der Waals surface area contributed by atoms with Crippen LogP contribution in [0.4, 0.5) is 0 Å². The molecule has 0 saturated heterocycles. The summed E-state index contributed by atoms with van der Waals surface area (Å²) in [7, 11) is -10.3. The summed E-state index contributed by atoms with van der Waals surface area (Å²) in [6.45, 7) is 0. The minimum absolute atomic E-state index is 0. The van der Waals surface area contributed by atoms with Crippen LogP contribution in [0.3, 0.4) is 0 Å². The van der Waals surface area contributed by atoms with Gasteiger partial charge in [-0.1, -0.05) is 0 Å². The van der Waals surface area contributed by atoms with Crippen molar-refractivity contribution >= 4 is 20.8 Å². The molecule has 0 aromatic heterocycles. The molecule has 82 valence electrons. The molecule has 12 heavy (non-hydrogen) atoms. The molecule has 0 spiro atoms. The fourth-order valence-corrected chi connectivity index (χ4v) is 0. The van der Waals surface area contributed by atoms with Crippen molar-refractivity contribution in [3.63, 3.8) is 0 Å². The normalized spacial score (nSPS) is 9.67. The summed E-state index contributed by atoms with van der Waals surface area (Å²) in [6.07, 6.45) is 0. The van der Waals surface area contributed by atoms with E-state index in [4.69, 9.17) is 35.0 Å². The van der Waals surface area contributed by atoms with Crippen molar-refractivity contribution in [2.45, 2.75) is 0 Å². The van der Waals surface area contributed by atoms with Gasteiger partial charge < -0.3 is 24.4 Å². The first-order chi connectivity index (χ1) is 4.00. The average Bonchev–Trinajstić information content (AvgIpc) is 1.12. The monoisotopic (exact) mass is 379 g/mol. The van der Waals surface area contributed by atoms with Gasteiger partial charge in [-0.25, -0.2) is 0 Å². The van der Waals surface area contributed by atoms with Crippen LogP contribution in [-0.2, 0) is 20.8 Å². The molecule has 0 heterocycles. The maximum Gasteiger partial charge on any atom is 3.00 e. The van der Waals surface area contributed by atoms with Gasteiger partial charge >= 0.3 is 36.9 Å². The van der Waals surface area contributed by atoms with E-state index in [0.717, 1.165) is 0 Å². The third-order valence-corrected chi connectivity index (χ3v) is 0. The zero-order chi connectivity index (χ0) is 9.00. The maximum absolute atomic E-state index is 8.52. The van der Waals surface area contributed by atoms with Gasteiger partial charge in [-0.05, 0) is 0 Å². The predicted octanol–water partition coefficient (Wildman–Crippen LogP) is -2.30. The second kappa shape index (κ2) is 8.53. The molecular formula is H4NO8S2Tm. The van der Waals surface area contributed by atoms with Gasteiger partial charge in [0.05, 0.1) is 0 Å². The van der Waals surface area contributed by atoms with Crippen molar-refractivity contribution in [1.29, 1.82) is 0 Å². The standard InChI is InChI=1S/H3N.2H2O4S.Tm/c;2*1-5(2,3)4;/h1H3;2*(H2,1,2,3,4);/q;;;+3/p-3. The molecule has 0 aliphatic heterocycles. The van der Waals surface area contributed by atoms with Crippen LogP contribution in [0.25, 0.3) is 0 Å². The summed E-state index contributed by atoms with van der Waals surface area (Å²) >= 11 is 0. The Morgan fingerprint density at radius 3 is 0.667 bits per heavy atom. The molecule has 0 rings (SSSR count). The van der Waals surface area contributed by atoms with Gasteiger partial charge in [0.1, 0.15) is 0 Å². The van der Waals surface area contributed by atoms with Crippen molar-refractivity contribution in [1.82, 2.24) is 6.15 Å². The first-order valence-electron chi connectivity index (χ1n) is 1.33. The Morgan fingerprint density at radius 2 is 0.667 bits per heavy atom. The van der Waals surface area contributed by atoms with Crippen LogP contribution >= 0.6 is 0 Å². The molecule has 0 aromatic rings. The van der Waals surface area contributed by atoms with E-state index in [9.17, 15) is 0 Å². The van der Waals surface area contributed by atoms with Gasteiger partial charge in [-0.3, -0.25) is 16.8 Å². The van der Waals surface area contributed by atoms with Gasteiger partial charge in [0.2, 0.25) is 0 Å². The van der Waals surface area contributed by atoms with E-state index in [1.165, 1.54) is 0 Å². The van der Waals surface area contributed by atoms with E-state index in [2.05, 4.69) is 0 Å². The van der Waals surface area contributed by atoms with Crippen LogP contribution in [-0.4, -0.2) is 35.0 Å². The Bertz CT molecular complexity index is 213. The minimum Gasteiger partial charge on any atom is -0.759 e. The van der Waals surface area contributed by atoms with Crippen molar-refractivity contribution < 1.29 is 71.9 Å². The third-order valence-electron chi connectivity index (χ3n) is 0. The number of quaternary nitrogens is 1. The summed E-state index contributed by atoms with van der Waals surface area (Å²) < 4.78 is 68.2. The molecule has 0 bridgehead atoms. The van der Waals surface area contributed by atoms with E-state index in [-0.39, 0.29) is 43.0 Å². The minimum atomic E-state index is -5.17. The Morgan fingerprint density at radius 1 is 0.667 bits per heavy atom. The zero-order valence-corrected chi connectivity index (χ0v) is 8.77. The van der Waals surface area contributed by atoms with E-state index >= 15 is 0 Å². The molecule has 0 amide bonds. The molecule has 4 N–H and O–H groups in total. The van der Waals surface area contributed by atoms with E-state index < -0.39 is 20.8 Å². The third kappa shape index (κ3) is 1240. The summed E-state index contributed by atoms with van der Waals surface area (Å²) in [6, 6.07) is 0. The summed E-state index contributed by atoms with van der Waals surface area (Å²) in [4.78, 5) is 0. The Balaban J connectivity index is -0.0000000457. The van der Waals surface area contributed by atoms with Gasteiger partial charge in [0.15, 0.2) is 0 Å². The molecule has 0 aromatic carbocycles. The molecule has 0 unspecified atom stereocenters. The topological polar surface area (TPSA) is 197 Å². The van der Waals surface area contributed by atoms with Gasteiger partial charge in [-0.15, -0.1) is 0 Å². The fraction of sp³-hybridized carbons (Fsp3) is 0. The van der Waals surface area contributed by atoms with Crippen molar-refractivity contribution in [3.8, 4) is 0 Å².